The van der Waals surface area contributed by atoms with Crippen molar-refractivity contribution >= 4 is 56.4 Å². The highest BCUT2D eigenvalue weighted by Gasteiger charge is 2.35. The summed E-state index contributed by atoms with van der Waals surface area (Å²) in [6.45, 7) is -0.899. The molecule has 44 heavy (non-hydrogen) atoms. The standard InChI is InChI=1S/C31H34Cl2N4O6S/c1-44(42,43)36(24-14-8-15-25(19-24)37(40)41)21-30(38)35(20-26-27(32)16-9-17-28(26)33)29(18-22-10-4-2-5-11-22)31(39)34-23-12-6-3-7-13-23/h2,4-5,8-11,14-17,19,23,29H,3,6-7,12-13,18,20-21H2,1H3,(H,34,39)/t29-/m0/s1. The number of carbonyl (C=O) groups is 2. The lowest BCUT2D eigenvalue weighted by atomic mass is 9.94. The number of amides is 2. The summed E-state index contributed by atoms with van der Waals surface area (Å²) in [5.41, 5.74) is 0.793. The van der Waals surface area contributed by atoms with Gasteiger partial charge in [0, 0.05) is 46.7 Å². The fraction of sp³-hybridized carbons (Fsp3) is 0.355. The first-order chi connectivity index (χ1) is 20.9. The van der Waals surface area contributed by atoms with Gasteiger partial charge in [-0.1, -0.05) is 84.9 Å². The van der Waals surface area contributed by atoms with Crippen molar-refractivity contribution in [3.8, 4) is 0 Å². The second-order valence-corrected chi connectivity index (χ2v) is 13.5. The molecule has 1 atom stereocenters. The molecular weight excluding hydrogens is 627 g/mol. The number of hydrogen-bond donors (Lipinski definition) is 1. The Balaban J connectivity index is 1.77. The maximum Gasteiger partial charge on any atom is 0.271 e. The van der Waals surface area contributed by atoms with Gasteiger partial charge in [-0.2, -0.15) is 0 Å². The third-order valence-electron chi connectivity index (χ3n) is 7.62. The summed E-state index contributed by atoms with van der Waals surface area (Å²) in [7, 11) is -4.10. The van der Waals surface area contributed by atoms with Crippen molar-refractivity contribution in [2.24, 2.45) is 0 Å². The average molecular weight is 662 g/mol. The number of benzene rings is 3. The summed E-state index contributed by atoms with van der Waals surface area (Å²) in [5.74, 6) is -1.09. The van der Waals surface area contributed by atoms with E-state index in [2.05, 4.69) is 5.32 Å². The van der Waals surface area contributed by atoms with E-state index in [1.54, 1.807) is 18.2 Å². The summed E-state index contributed by atoms with van der Waals surface area (Å²) < 4.78 is 26.7. The Kier molecular flexibility index (Phi) is 11.2. The van der Waals surface area contributed by atoms with Gasteiger partial charge >= 0.3 is 0 Å². The van der Waals surface area contributed by atoms with Crippen molar-refractivity contribution in [2.45, 2.75) is 57.2 Å². The van der Waals surface area contributed by atoms with Gasteiger partial charge in [0.2, 0.25) is 21.8 Å². The van der Waals surface area contributed by atoms with E-state index >= 15 is 0 Å². The molecule has 1 N–H and O–H groups in total. The monoisotopic (exact) mass is 660 g/mol. The predicted molar refractivity (Wildman–Crippen MR) is 171 cm³/mol. The number of carbonyl (C=O) groups excluding carboxylic acids is 2. The second kappa shape index (κ2) is 14.9. The number of sulfonamides is 1. The van der Waals surface area contributed by atoms with Crippen molar-refractivity contribution in [2.75, 3.05) is 17.1 Å². The molecule has 4 rings (SSSR count). The number of halogens is 2. The van der Waals surface area contributed by atoms with Gasteiger partial charge in [-0.05, 0) is 36.6 Å². The third kappa shape index (κ3) is 8.71. The Hall–Kier alpha value is -3.67. The molecule has 13 heteroatoms. The molecule has 2 amide bonds. The van der Waals surface area contributed by atoms with Crippen LogP contribution in [-0.2, 0) is 32.6 Å². The lowest BCUT2D eigenvalue weighted by Gasteiger charge is -2.35. The molecular formula is C31H34Cl2N4O6S. The van der Waals surface area contributed by atoms with Crippen molar-refractivity contribution in [1.82, 2.24) is 10.2 Å². The van der Waals surface area contributed by atoms with Crippen molar-refractivity contribution < 1.29 is 22.9 Å². The summed E-state index contributed by atoms with van der Waals surface area (Å²) >= 11 is 13.0. The van der Waals surface area contributed by atoms with Gasteiger partial charge in [-0.3, -0.25) is 24.0 Å². The normalized spacial score (nSPS) is 14.4. The van der Waals surface area contributed by atoms with E-state index in [-0.39, 0.29) is 46.3 Å². The molecule has 0 aromatic heterocycles. The van der Waals surface area contributed by atoms with Crippen molar-refractivity contribution in [1.29, 1.82) is 0 Å². The predicted octanol–water partition coefficient (Wildman–Crippen LogP) is 5.76. The summed E-state index contributed by atoms with van der Waals surface area (Å²) in [6.07, 6.45) is 5.76. The highest BCUT2D eigenvalue weighted by molar-refractivity contribution is 7.92. The molecule has 0 heterocycles. The first-order valence-corrected chi connectivity index (χ1v) is 16.8. The molecule has 1 aliphatic rings. The quantitative estimate of drug-likeness (QED) is 0.194. The molecule has 0 unspecified atom stereocenters. The molecule has 10 nitrogen and oxygen atoms in total. The van der Waals surface area contributed by atoms with Crippen LogP contribution < -0.4 is 9.62 Å². The van der Waals surface area contributed by atoms with Crippen LogP contribution >= 0.6 is 23.2 Å². The number of non-ortho nitro benzene ring substituents is 1. The molecule has 1 fully saturated rings. The molecule has 0 radical (unpaired) electrons. The lowest BCUT2D eigenvalue weighted by molar-refractivity contribution is -0.384. The number of rotatable bonds is 12. The summed E-state index contributed by atoms with van der Waals surface area (Å²) in [4.78, 5) is 40.4. The van der Waals surface area contributed by atoms with E-state index in [1.807, 2.05) is 30.3 Å². The summed E-state index contributed by atoms with van der Waals surface area (Å²) in [5, 5.41) is 15.1. The van der Waals surface area contributed by atoms with E-state index in [9.17, 15) is 28.1 Å². The van der Waals surface area contributed by atoms with E-state index in [0.717, 1.165) is 54.3 Å². The van der Waals surface area contributed by atoms with Crippen molar-refractivity contribution in [3.63, 3.8) is 0 Å². The minimum absolute atomic E-state index is 0.0484. The number of nitro benzene ring substituents is 1. The summed E-state index contributed by atoms with van der Waals surface area (Å²) in [6, 6.07) is 18.0. The number of nitrogens with zero attached hydrogens (tertiary/aromatic N) is 3. The maximum atomic E-state index is 14.3. The zero-order valence-corrected chi connectivity index (χ0v) is 26.5. The van der Waals surface area contributed by atoms with Crippen LogP contribution in [0.4, 0.5) is 11.4 Å². The number of nitro groups is 1. The largest absolute Gasteiger partial charge is 0.352 e. The van der Waals surface area contributed by atoms with Gasteiger partial charge in [-0.25, -0.2) is 8.42 Å². The zero-order valence-electron chi connectivity index (χ0n) is 24.2. The van der Waals surface area contributed by atoms with E-state index in [0.29, 0.717) is 5.56 Å². The maximum absolute atomic E-state index is 14.3. The van der Waals surface area contributed by atoms with Gasteiger partial charge in [0.1, 0.15) is 12.6 Å². The van der Waals surface area contributed by atoms with Crippen LogP contribution in [0.3, 0.4) is 0 Å². The van der Waals surface area contributed by atoms with Gasteiger partial charge in [0.05, 0.1) is 16.9 Å². The lowest BCUT2D eigenvalue weighted by Crippen LogP contribution is -2.55. The SMILES string of the molecule is CS(=O)(=O)N(CC(=O)N(Cc1c(Cl)cccc1Cl)[C@@H](Cc1ccccc1)C(=O)NC1CCCCC1)c1cccc([N+](=O)[O-])c1. The first kappa shape index (κ1) is 33.2. The topological polar surface area (TPSA) is 130 Å². The molecule has 234 valence electrons. The molecule has 0 bridgehead atoms. The highest BCUT2D eigenvalue weighted by atomic mass is 35.5. The van der Waals surface area contributed by atoms with Crippen molar-refractivity contribution in [3.05, 3.63) is 104 Å². The Morgan fingerprint density at radius 2 is 1.61 bits per heavy atom. The minimum atomic E-state index is -4.10. The van der Waals surface area contributed by atoms with E-state index in [4.69, 9.17) is 23.2 Å². The number of hydrogen-bond acceptors (Lipinski definition) is 6. The fourth-order valence-electron chi connectivity index (χ4n) is 5.33. The van der Waals surface area contributed by atoms with Crippen LogP contribution in [0.15, 0.2) is 72.8 Å². The number of anilines is 1. The molecule has 0 saturated heterocycles. The van der Waals surface area contributed by atoms with Crippen LogP contribution in [0.2, 0.25) is 10.0 Å². The minimum Gasteiger partial charge on any atom is -0.352 e. The van der Waals surface area contributed by atoms with Crippen LogP contribution in [0.5, 0.6) is 0 Å². The highest BCUT2D eigenvalue weighted by Crippen LogP contribution is 2.29. The van der Waals surface area contributed by atoms with Gasteiger partial charge in [0.25, 0.3) is 5.69 Å². The molecule has 3 aromatic carbocycles. The molecule has 3 aromatic rings. The average Bonchev–Trinajstić information content (AvgIpc) is 2.99. The van der Waals surface area contributed by atoms with Crippen LogP contribution in [0.25, 0.3) is 0 Å². The first-order valence-electron chi connectivity index (χ1n) is 14.2. The Labute approximate surface area is 267 Å². The van der Waals surface area contributed by atoms with Crippen LogP contribution in [0.1, 0.15) is 43.2 Å². The van der Waals surface area contributed by atoms with Gasteiger partial charge < -0.3 is 10.2 Å². The van der Waals surface area contributed by atoms with Gasteiger partial charge in [-0.15, -0.1) is 0 Å². The number of nitrogens with one attached hydrogen (secondary N) is 1. The Bertz CT molecular complexity index is 1580. The van der Waals surface area contributed by atoms with E-state index in [1.165, 1.54) is 23.1 Å². The Morgan fingerprint density at radius 1 is 0.977 bits per heavy atom. The molecule has 0 spiro atoms. The third-order valence-corrected chi connectivity index (χ3v) is 9.47. The Morgan fingerprint density at radius 3 is 2.23 bits per heavy atom. The van der Waals surface area contributed by atoms with Gasteiger partial charge in [0.15, 0.2) is 0 Å². The second-order valence-electron chi connectivity index (χ2n) is 10.8. The smallest absolute Gasteiger partial charge is 0.271 e. The van der Waals surface area contributed by atoms with Crippen LogP contribution in [0, 0.1) is 10.1 Å². The zero-order chi connectivity index (χ0) is 31.9. The molecule has 1 saturated carbocycles. The fourth-order valence-corrected chi connectivity index (χ4v) is 6.69. The molecule has 0 aliphatic heterocycles. The van der Waals surface area contributed by atoms with Crippen LogP contribution in [-0.4, -0.2) is 54.9 Å². The molecule has 1 aliphatic carbocycles. The van der Waals surface area contributed by atoms with E-state index < -0.39 is 33.4 Å².